The predicted molar refractivity (Wildman–Crippen MR) is 112 cm³/mol. The molecule has 3 aromatic rings. The van der Waals surface area contributed by atoms with Crippen LogP contribution < -0.4 is 4.90 Å². The highest BCUT2D eigenvalue weighted by Gasteiger charge is 2.12. The molecule has 3 rings (SSSR count). The van der Waals surface area contributed by atoms with Crippen LogP contribution in [0.4, 0.5) is 17.1 Å². The maximum atomic E-state index is 8.49. The van der Waals surface area contributed by atoms with Crippen LogP contribution in [0.1, 0.15) is 16.7 Å². The number of rotatable bonds is 7. The van der Waals surface area contributed by atoms with Crippen molar-refractivity contribution in [1.29, 1.82) is 0 Å². The number of aryl methyl sites for hydroxylation is 1. The quantitative estimate of drug-likeness (QED) is 0.248. The molecule has 3 aromatic carbocycles. The summed E-state index contributed by atoms with van der Waals surface area (Å²) in [6.07, 6.45) is 0. The average Bonchev–Trinajstić information content (AvgIpc) is 2.74. The van der Waals surface area contributed by atoms with Crippen LogP contribution >= 0.6 is 0 Å². The van der Waals surface area contributed by atoms with Crippen LogP contribution in [0.15, 0.2) is 83.0 Å². The summed E-state index contributed by atoms with van der Waals surface area (Å²) >= 11 is 0. The van der Waals surface area contributed by atoms with Crippen LogP contribution in [0.25, 0.3) is 20.9 Å². The molecule has 0 saturated heterocycles. The third-order valence-electron chi connectivity index (χ3n) is 4.31. The van der Waals surface area contributed by atoms with Gasteiger partial charge in [0.25, 0.3) is 0 Å². The van der Waals surface area contributed by atoms with Crippen LogP contribution in [0.3, 0.4) is 0 Å². The van der Waals surface area contributed by atoms with Gasteiger partial charge in [-0.2, -0.15) is 0 Å². The molecule has 0 aliphatic heterocycles. The van der Waals surface area contributed by atoms with Crippen LogP contribution in [-0.4, -0.2) is 0 Å². The molecule has 28 heavy (non-hydrogen) atoms. The van der Waals surface area contributed by atoms with Gasteiger partial charge in [-0.15, -0.1) is 0 Å². The highest BCUT2D eigenvalue weighted by molar-refractivity contribution is 5.76. The molecule has 0 aliphatic carbocycles. The lowest BCUT2D eigenvalue weighted by Gasteiger charge is -2.26. The molecule has 0 aromatic heterocycles. The summed E-state index contributed by atoms with van der Waals surface area (Å²) in [5, 5.41) is 7.22. The third-order valence-corrected chi connectivity index (χ3v) is 4.31. The van der Waals surface area contributed by atoms with Crippen LogP contribution in [0, 0.1) is 6.92 Å². The van der Waals surface area contributed by atoms with E-state index < -0.39 is 0 Å². The lowest BCUT2D eigenvalue weighted by Crippen LogP contribution is -2.10. The molecule has 138 valence electrons. The highest BCUT2D eigenvalue weighted by Crippen LogP contribution is 2.34. The topological polar surface area (TPSA) is 101 Å². The molecule has 0 unspecified atom stereocenters. The Kier molecular flexibility index (Phi) is 6.16. The van der Waals surface area contributed by atoms with E-state index in [1.807, 2.05) is 48.5 Å². The molecule has 7 nitrogen and oxygen atoms in total. The van der Waals surface area contributed by atoms with Crippen molar-refractivity contribution < 1.29 is 0 Å². The Bertz CT molecular complexity index is 948. The normalized spacial score (nSPS) is 9.89. The summed E-state index contributed by atoms with van der Waals surface area (Å²) in [5.74, 6) is 0. The van der Waals surface area contributed by atoms with Crippen molar-refractivity contribution >= 4 is 17.1 Å². The van der Waals surface area contributed by atoms with Gasteiger partial charge in [-0.1, -0.05) is 52.2 Å². The second-order valence-electron chi connectivity index (χ2n) is 6.28. The summed E-state index contributed by atoms with van der Waals surface area (Å²) in [5.41, 5.74) is 23.1. The Morgan fingerprint density at radius 3 is 1.36 bits per heavy atom. The first-order valence-corrected chi connectivity index (χ1v) is 8.77. The lowest BCUT2D eigenvalue weighted by atomic mass is 10.1. The van der Waals surface area contributed by atoms with Crippen LogP contribution in [0.5, 0.6) is 0 Å². The molecular weight excluding hydrogens is 350 g/mol. The van der Waals surface area contributed by atoms with Crippen molar-refractivity contribution in [2.24, 2.45) is 10.2 Å². The van der Waals surface area contributed by atoms with E-state index in [-0.39, 0.29) is 0 Å². The lowest BCUT2D eigenvalue weighted by molar-refractivity contribution is 1.04. The van der Waals surface area contributed by atoms with Gasteiger partial charge < -0.3 is 4.90 Å². The van der Waals surface area contributed by atoms with Gasteiger partial charge in [-0.25, -0.2) is 0 Å². The van der Waals surface area contributed by atoms with E-state index in [1.165, 1.54) is 5.56 Å². The van der Waals surface area contributed by atoms with E-state index >= 15 is 0 Å². The fourth-order valence-corrected chi connectivity index (χ4v) is 2.87. The Balaban J connectivity index is 1.98. The monoisotopic (exact) mass is 369 g/mol. The molecule has 0 aliphatic rings. The van der Waals surface area contributed by atoms with E-state index in [0.29, 0.717) is 13.1 Å². The van der Waals surface area contributed by atoms with Gasteiger partial charge in [0.15, 0.2) is 0 Å². The van der Waals surface area contributed by atoms with Gasteiger partial charge in [0.05, 0.1) is 13.1 Å². The van der Waals surface area contributed by atoms with Crippen molar-refractivity contribution in [3.63, 3.8) is 0 Å². The van der Waals surface area contributed by atoms with E-state index in [9.17, 15) is 0 Å². The summed E-state index contributed by atoms with van der Waals surface area (Å²) in [7, 11) is 0. The predicted octanol–water partition coefficient (Wildman–Crippen LogP) is 7.09. The molecule has 0 saturated carbocycles. The SMILES string of the molecule is Cc1ccc(N(c2ccc(CN=[N+]=[N-])cc2)c2ccc(CN=[N+]=[N-])cc2)cc1. The molecular formula is C21H19N7. The maximum absolute atomic E-state index is 8.49. The van der Waals surface area contributed by atoms with Gasteiger partial charge in [-0.3, -0.25) is 0 Å². The zero-order valence-corrected chi connectivity index (χ0v) is 15.5. The fraction of sp³-hybridized carbons (Fsp3) is 0.143. The van der Waals surface area contributed by atoms with E-state index in [1.54, 1.807) is 0 Å². The number of hydrogen-bond donors (Lipinski definition) is 0. The van der Waals surface area contributed by atoms with Gasteiger partial charge in [0.2, 0.25) is 0 Å². The molecule has 0 amide bonds. The number of hydrogen-bond acceptors (Lipinski definition) is 3. The Morgan fingerprint density at radius 1 is 0.643 bits per heavy atom. The number of anilines is 3. The number of nitrogens with zero attached hydrogens (tertiary/aromatic N) is 7. The van der Waals surface area contributed by atoms with Gasteiger partial charge in [0, 0.05) is 26.9 Å². The molecule has 0 bridgehead atoms. The first-order valence-electron chi connectivity index (χ1n) is 8.77. The summed E-state index contributed by atoms with van der Waals surface area (Å²) < 4.78 is 0. The molecule has 0 radical (unpaired) electrons. The largest absolute Gasteiger partial charge is 0.311 e. The summed E-state index contributed by atoms with van der Waals surface area (Å²) in [6, 6.07) is 24.2. The zero-order valence-electron chi connectivity index (χ0n) is 15.5. The maximum Gasteiger partial charge on any atom is 0.0510 e. The molecule has 0 N–H and O–H groups in total. The van der Waals surface area contributed by atoms with Crippen molar-refractivity contribution in [3.05, 3.63) is 110 Å². The van der Waals surface area contributed by atoms with Crippen molar-refractivity contribution in [3.8, 4) is 0 Å². The Morgan fingerprint density at radius 2 is 1.00 bits per heavy atom. The zero-order chi connectivity index (χ0) is 19.8. The van der Waals surface area contributed by atoms with Crippen LogP contribution in [-0.2, 0) is 13.1 Å². The van der Waals surface area contributed by atoms with Gasteiger partial charge in [-0.05, 0) is 65.5 Å². The minimum Gasteiger partial charge on any atom is -0.311 e. The van der Waals surface area contributed by atoms with Crippen LogP contribution in [0.2, 0.25) is 0 Å². The van der Waals surface area contributed by atoms with Gasteiger partial charge >= 0.3 is 0 Å². The molecule has 0 atom stereocenters. The first kappa shape index (κ1) is 18.9. The standard InChI is InChI=1S/C21H19N7/c1-16-2-8-19(9-3-16)28(20-10-4-17(5-11-20)14-24-26-22)21-12-6-18(7-13-21)15-25-27-23/h2-13H,14-15H2,1H3. The fourth-order valence-electron chi connectivity index (χ4n) is 2.87. The average molecular weight is 369 g/mol. The molecule has 0 spiro atoms. The van der Waals surface area contributed by atoms with Crippen molar-refractivity contribution in [1.82, 2.24) is 0 Å². The third kappa shape index (κ3) is 4.62. The Labute approximate surface area is 163 Å². The molecule has 7 heteroatoms. The highest BCUT2D eigenvalue weighted by atomic mass is 15.1. The number of azide groups is 2. The first-order chi connectivity index (χ1) is 13.7. The van der Waals surface area contributed by atoms with E-state index in [2.05, 4.69) is 56.1 Å². The minimum atomic E-state index is 0.329. The van der Waals surface area contributed by atoms with Gasteiger partial charge in [0.1, 0.15) is 0 Å². The summed E-state index contributed by atoms with van der Waals surface area (Å²) in [4.78, 5) is 7.76. The van der Waals surface area contributed by atoms with Crippen molar-refractivity contribution in [2.75, 3.05) is 4.90 Å². The molecule has 0 heterocycles. The second-order valence-corrected chi connectivity index (χ2v) is 6.28. The van der Waals surface area contributed by atoms with E-state index in [0.717, 1.165) is 28.2 Å². The molecule has 0 fully saturated rings. The summed E-state index contributed by atoms with van der Waals surface area (Å²) in [6.45, 7) is 2.72. The minimum absolute atomic E-state index is 0.329. The Hall–Kier alpha value is -3.92. The van der Waals surface area contributed by atoms with E-state index in [4.69, 9.17) is 11.1 Å². The second kappa shape index (κ2) is 9.14. The smallest absolute Gasteiger partial charge is 0.0510 e. The number of benzene rings is 3. The van der Waals surface area contributed by atoms with Crippen molar-refractivity contribution in [2.45, 2.75) is 20.0 Å².